The molecule has 0 N–H and O–H groups in total. The molecule has 2 aliphatic rings. The lowest BCUT2D eigenvalue weighted by atomic mass is 9.88. The Labute approximate surface area is 202 Å². The summed E-state index contributed by atoms with van der Waals surface area (Å²) in [6, 6.07) is 21.7. The molecule has 0 saturated carbocycles. The van der Waals surface area contributed by atoms with Crippen LogP contribution in [0.1, 0.15) is 30.9 Å². The zero-order valence-electron chi connectivity index (χ0n) is 19.2. The molecule has 3 aromatic carbocycles. The van der Waals surface area contributed by atoms with Gasteiger partial charge in [0.1, 0.15) is 5.75 Å². The summed E-state index contributed by atoms with van der Waals surface area (Å²) in [6.45, 7) is 0.426. The van der Waals surface area contributed by atoms with E-state index in [1.807, 2.05) is 0 Å². The third kappa shape index (κ3) is 3.06. The number of aryl methyl sites for hydroxylation is 1. The Morgan fingerprint density at radius 1 is 1.00 bits per heavy atom. The van der Waals surface area contributed by atoms with E-state index in [0.29, 0.717) is 30.6 Å². The number of hydrogen-bond acceptors (Lipinski definition) is 4. The van der Waals surface area contributed by atoms with Crippen molar-refractivity contribution in [3.8, 4) is 5.75 Å². The fourth-order valence-electron chi connectivity index (χ4n) is 5.98. The van der Waals surface area contributed by atoms with Gasteiger partial charge in [0.15, 0.2) is 0 Å². The van der Waals surface area contributed by atoms with E-state index in [1.165, 1.54) is 39.8 Å². The van der Waals surface area contributed by atoms with Crippen LogP contribution in [0.2, 0.25) is 0 Å². The van der Waals surface area contributed by atoms with E-state index in [1.54, 1.807) is 10.6 Å². The van der Waals surface area contributed by atoms with E-state index >= 15 is 0 Å². The normalized spacial score (nSPS) is 21.6. The van der Waals surface area contributed by atoms with Crippen molar-refractivity contribution >= 4 is 29.7 Å². The summed E-state index contributed by atoms with van der Waals surface area (Å²) >= 11 is 0. The highest BCUT2D eigenvalue weighted by Gasteiger charge is 2.74. The second kappa shape index (κ2) is 8.10. The topological polar surface area (TPSA) is 53.4 Å². The van der Waals surface area contributed by atoms with Crippen LogP contribution in [0.15, 0.2) is 77.7 Å². The zero-order chi connectivity index (χ0) is 24.2. The van der Waals surface area contributed by atoms with E-state index < -0.39 is 14.9 Å². The first-order chi connectivity index (χ1) is 17.0. The van der Waals surface area contributed by atoms with Crippen molar-refractivity contribution in [2.75, 3.05) is 6.61 Å². The first kappa shape index (κ1) is 22.1. The summed E-state index contributed by atoms with van der Waals surface area (Å²) in [5, 5.41) is 2.72. The first-order valence-corrected chi connectivity index (χ1v) is 13.7. The molecule has 3 heterocycles. The molecule has 2 aliphatic heterocycles. The molecule has 1 aromatic heterocycles. The molecule has 0 fully saturated rings. The van der Waals surface area contributed by atoms with Crippen LogP contribution < -0.4 is 20.7 Å². The van der Waals surface area contributed by atoms with Crippen LogP contribution in [0, 0.1) is 0 Å². The van der Waals surface area contributed by atoms with Gasteiger partial charge in [-0.3, -0.25) is 4.79 Å². The number of unbranched alkanes of at least 4 members (excludes halogenated alkanes) is 1. The lowest BCUT2D eigenvalue weighted by Crippen LogP contribution is -2.90. The number of hydrogen-bond donors (Lipinski definition) is 0. The fraction of sp³-hybridized carbons (Fsp3) is 0.259. The molecular weight excluding hydrogens is 466 g/mol. The molecule has 35 heavy (non-hydrogen) atoms. The molecule has 0 atom stereocenters. The quantitative estimate of drug-likeness (QED) is 0.279. The molecule has 178 valence electrons. The largest absolute Gasteiger partial charge is 0.435 e. The minimum absolute atomic E-state index is 0.00802. The maximum atomic E-state index is 12.6. The average Bonchev–Trinajstić information content (AvgIpc) is 2.86. The van der Waals surface area contributed by atoms with Gasteiger partial charge in [0, 0.05) is 24.3 Å². The standard InChI is InChI=1S/C27H24F2N2O3Si/c1-27-19-8-2-4-10-23(19)35(27,24-11-5-3-9-20(24)27)33-15-7-6-14-31-22-16-18(34-26(28)29)12-13-21(22)30-17-25(31)32/h2-5,8-13,16-17,26H,6-7,14-15H2,1H3. The highest BCUT2D eigenvalue weighted by molar-refractivity contribution is 7.07. The average molecular weight is 491 g/mol. The predicted molar refractivity (Wildman–Crippen MR) is 132 cm³/mol. The van der Waals surface area contributed by atoms with Crippen LogP contribution in [-0.4, -0.2) is 31.1 Å². The molecule has 0 saturated heterocycles. The molecule has 0 unspecified atom stereocenters. The summed E-state index contributed by atoms with van der Waals surface area (Å²) in [5.41, 5.74) is 3.53. The SMILES string of the molecule is CC12c3ccccc3[Si]1(OCCCCn1c(=O)cnc3ccc(OC(F)F)cc31)c1ccccc12. The Morgan fingerprint density at radius 3 is 2.37 bits per heavy atom. The fourth-order valence-corrected chi connectivity index (χ4v) is 11.3. The predicted octanol–water partition coefficient (Wildman–Crippen LogP) is 3.73. The van der Waals surface area contributed by atoms with Crippen molar-refractivity contribution in [2.24, 2.45) is 0 Å². The van der Waals surface area contributed by atoms with Crippen LogP contribution in [-0.2, 0) is 16.0 Å². The van der Waals surface area contributed by atoms with Crippen LogP contribution in [0.25, 0.3) is 11.0 Å². The Kier molecular flexibility index (Phi) is 5.12. The van der Waals surface area contributed by atoms with Crippen LogP contribution in [0.5, 0.6) is 5.75 Å². The minimum Gasteiger partial charge on any atom is -0.435 e. The highest BCUT2D eigenvalue weighted by Crippen LogP contribution is 2.54. The molecule has 4 aromatic rings. The molecule has 0 radical (unpaired) electrons. The van der Waals surface area contributed by atoms with Crippen molar-refractivity contribution < 1.29 is 17.9 Å². The third-order valence-corrected chi connectivity index (χ3v) is 12.5. The van der Waals surface area contributed by atoms with Crippen molar-refractivity contribution in [3.63, 3.8) is 0 Å². The zero-order valence-corrected chi connectivity index (χ0v) is 20.2. The van der Waals surface area contributed by atoms with Crippen LogP contribution in [0.4, 0.5) is 8.78 Å². The Bertz CT molecular complexity index is 1460. The summed E-state index contributed by atoms with van der Waals surface area (Å²) in [6.07, 6.45) is 2.75. The monoisotopic (exact) mass is 490 g/mol. The number of nitrogens with zero attached hydrogens (tertiary/aromatic N) is 2. The molecule has 0 bridgehead atoms. The van der Waals surface area contributed by atoms with Gasteiger partial charge in [0.25, 0.3) is 13.9 Å². The van der Waals surface area contributed by atoms with E-state index in [9.17, 15) is 13.6 Å². The summed E-state index contributed by atoms with van der Waals surface area (Å²) in [7, 11) is -2.26. The second-order valence-corrected chi connectivity index (χ2v) is 13.0. The van der Waals surface area contributed by atoms with Gasteiger partial charge >= 0.3 is 6.61 Å². The van der Waals surface area contributed by atoms with Crippen molar-refractivity contribution in [1.29, 1.82) is 0 Å². The number of aromatic nitrogens is 2. The van der Waals surface area contributed by atoms with E-state index in [2.05, 4.69) is 65.2 Å². The third-order valence-electron chi connectivity index (χ3n) is 7.53. The Balaban J connectivity index is 1.18. The van der Waals surface area contributed by atoms with Gasteiger partial charge in [-0.2, -0.15) is 8.78 Å². The maximum absolute atomic E-state index is 12.6. The molecule has 5 nitrogen and oxygen atoms in total. The lowest BCUT2D eigenvalue weighted by Gasteiger charge is -2.65. The van der Waals surface area contributed by atoms with E-state index in [4.69, 9.17) is 4.43 Å². The van der Waals surface area contributed by atoms with Gasteiger partial charge in [-0.25, -0.2) is 4.98 Å². The highest BCUT2D eigenvalue weighted by atomic mass is 28.4. The molecule has 6 rings (SSSR count). The van der Waals surface area contributed by atoms with Crippen LogP contribution >= 0.6 is 0 Å². The first-order valence-electron chi connectivity index (χ1n) is 11.7. The Hall–Kier alpha value is -3.36. The number of benzene rings is 3. The van der Waals surface area contributed by atoms with Gasteiger partial charge in [-0.1, -0.05) is 55.5 Å². The smallest absolute Gasteiger partial charge is 0.387 e. The van der Waals surface area contributed by atoms with Crippen molar-refractivity contribution in [1.82, 2.24) is 9.55 Å². The van der Waals surface area contributed by atoms with Gasteiger partial charge in [-0.05, 0) is 46.5 Å². The molecule has 0 amide bonds. The van der Waals surface area contributed by atoms with Crippen LogP contribution in [0.3, 0.4) is 0 Å². The summed E-state index contributed by atoms with van der Waals surface area (Å²) in [5.74, 6) is 0.00802. The second-order valence-electron chi connectivity index (χ2n) is 9.23. The van der Waals surface area contributed by atoms with Gasteiger partial charge in [0.2, 0.25) is 0 Å². The lowest BCUT2D eigenvalue weighted by molar-refractivity contribution is -0.0497. The molecule has 0 aliphatic carbocycles. The van der Waals surface area contributed by atoms with Gasteiger partial charge in [-0.15, -0.1) is 0 Å². The van der Waals surface area contributed by atoms with Gasteiger partial charge < -0.3 is 13.7 Å². The number of rotatable bonds is 8. The Morgan fingerprint density at radius 2 is 1.69 bits per heavy atom. The maximum Gasteiger partial charge on any atom is 0.387 e. The van der Waals surface area contributed by atoms with Crippen molar-refractivity contribution in [2.45, 2.75) is 38.0 Å². The summed E-state index contributed by atoms with van der Waals surface area (Å²) < 4.78 is 38.1. The van der Waals surface area contributed by atoms with E-state index in [-0.39, 0.29) is 16.3 Å². The van der Waals surface area contributed by atoms with Crippen molar-refractivity contribution in [3.05, 3.63) is 94.4 Å². The van der Waals surface area contributed by atoms with E-state index in [0.717, 1.165) is 6.42 Å². The minimum atomic E-state index is -2.93. The molecule has 0 spiro atoms. The van der Waals surface area contributed by atoms with Gasteiger partial charge in [0.05, 0.1) is 17.2 Å². The number of fused-ring (bicyclic) bond motifs is 8. The number of alkyl halides is 2. The molecule has 8 heteroatoms. The molecular formula is C27H24F2N2O3Si. The number of ether oxygens (including phenoxy) is 1. The summed E-state index contributed by atoms with van der Waals surface area (Å²) in [4.78, 5) is 16.6. The number of halogens is 2.